The minimum Gasteiger partial charge on any atom is -0.475 e. The topological polar surface area (TPSA) is 90.8 Å². The summed E-state index contributed by atoms with van der Waals surface area (Å²) in [5.74, 6) is -2.46. The number of pyridine rings is 1. The zero-order chi connectivity index (χ0) is 24.1. The summed E-state index contributed by atoms with van der Waals surface area (Å²) in [7, 11) is 0. The van der Waals surface area contributed by atoms with Crippen molar-refractivity contribution in [2.45, 2.75) is 31.9 Å². The van der Waals surface area contributed by atoms with Gasteiger partial charge in [-0.05, 0) is 42.3 Å². The van der Waals surface area contributed by atoms with Crippen molar-refractivity contribution in [3.63, 3.8) is 0 Å². The van der Waals surface area contributed by atoms with E-state index in [4.69, 9.17) is 9.90 Å². The van der Waals surface area contributed by atoms with Gasteiger partial charge in [0, 0.05) is 49.4 Å². The first-order chi connectivity index (χ1) is 15.6. The van der Waals surface area contributed by atoms with Gasteiger partial charge in [-0.25, -0.2) is 4.79 Å². The van der Waals surface area contributed by atoms with Gasteiger partial charge in [0.2, 0.25) is 5.91 Å². The fourth-order valence-electron chi connectivity index (χ4n) is 4.22. The van der Waals surface area contributed by atoms with Crippen LogP contribution in [0.3, 0.4) is 0 Å². The molecule has 2 fully saturated rings. The smallest absolute Gasteiger partial charge is 0.475 e. The Morgan fingerprint density at radius 1 is 1.12 bits per heavy atom. The van der Waals surface area contributed by atoms with Crippen LogP contribution in [0.1, 0.15) is 35.2 Å². The lowest BCUT2D eigenvalue weighted by molar-refractivity contribution is -0.192. The highest BCUT2D eigenvalue weighted by Gasteiger charge is 2.43. The van der Waals surface area contributed by atoms with Crippen LogP contribution in [0.25, 0.3) is 0 Å². The highest BCUT2D eigenvalue weighted by atomic mass is 32.1. The molecule has 1 unspecified atom stereocenters. The van der Waals surface area contributed by atoms with E-state index in [2.05, 4.69) is 4.98 Å². The summed E-state index contributed by atoms with van der Waals surface area (Å²) in [6.07, 6.45) is 1.90. The summed E-state index contributed by atoms with van der Waals surface area (Å²) in [5.41, 5.74) is 1.80. The summed E-state index contributed by atoms with van der Waals surface area (Å²) < 4.78 is 31.7. The molecule has 2 saturated heterocycles. The third-order valence-corrected chi connectivity index (χ3v) is 6.51. The number of piperidine rings is 1. The van der Waals surface area contributed by atoms with E-state index in [-0.39, 0.29) is 17.2 Å². The first kappa shape index (κ1) is 24.7. The summed E-state index contributed by atoms with van der Waals surface area (Å²) in [4.78, 5) is 42.3. The van der Waals surface area contributed by atoms with E-state index in [0.29, 0.717) is 6.42 Å². The van der Waals surface area contributed by atoms with Gasteiger partial charge >= 0.3 is 12.1 Å². The van der Waals surface area contributed by atoms with E-state index in [1.54, 1.807) is 23.7 Å². The predicted molar refractivity (Wildman–Crippen MR) is 115 cm³/mol. The van der Waals surface area contributed by atoms with Gasteiger partial charge in [0.25, 0.3) is 5.91 Å². The molecule has 1 atom stereocenters. The van der Waals surface area contributed by atoms with Crippen molar-refractivity contribution in [3.05, 3.63) is 52.5 Å². The van der Waals surface area contributed by atoms with Crippen LogP contribution in [0, 0.1) is 5.41 Å². The Hall–Kier alpha value is -2.95. The summed E-state index contributed by atoms with van der Waals surface area (Å²) in [5, 5.41) is 11.0. The first-order valence-electron chi connectivity index (χ1n) is 10.4. The Kier molecular flexibility index (Phi) is 7.72. The average molecular weight is 484 g/mol. The Bertz CT molecular complexity index is 969. The standard InChI is InChI=1S/C20H23N3O2S.C2HF3O2/c24-18(11-16-3-1-7-21-12-16)22-8-2-5-20(14-22)6-9-23(15-20)19(25)17-4-10-26-13-17;3-2(4,5)1(6)7/h1,3-4,7,10,12-13H,2,5-6,8-9,11,14-15H2;(H,6,7). The Morgan fingerprint density at radius 2 is 1.85 bits per heavy atom. The molecule has 0 aliphatic carbocycles. The second kappa shape index (κ2) is 10.3. The molecule has 2 aliphatic heterocycles. The molecule has 4 rings (SSSR count). The van der Waals surface area contributed by atoms with Crippen molar-refractivity contribution < 1.29 is 32.7 Å². The minimum atomic E-state index is -5.08. The number of carboxylic acids is 1. The molecule has 1 spiro atoms. The number of hydrogen-bond acceptors (Lipinski definition) is 5. The molecule has 178 valence electrons. The van der Waals surface area contributed by atoms with E-state index in [9.17, 15) is 22.8 Å². The molecular weight excluding hydrogens is 459 g/mol. The normalized spacial score (nSPS) is 20.3. The molecule has 2 aromatic heterocycles. The van der Waals surface area contributed by atoms with Gasteiger partial charge in [0.15, 0.2) is 0 Å². The van der Waals surface area contributed by atoms with Gasteiger partial charge in [-0.15, -0.1) is 0 Å². The molecule has 4 heterocycles. The number of carbonyl (C=O) groups is 3. The number of halogens is 3. The number of thiophene rings is 1. The number of alkyl halides is 3. The van der Waals surface area contributed by atoms with Crippen LogP contribution in [0.2, 0.25) is 0 Å². The third kappa shape index (κ3) is 6.53. The lowest BCUT2D eigenvalue weighted by atomic mass is 9.79. The lowest BCUT2D eigenvalue weighted by Crippen LogP contribution is -2.48. The number of hydrogen-bond donors (Lipinski definition) is 1. The average Bonchev–Trinajstić information content (AvgIpc) is 3.45. The highest BCUT2D eigenvalue weighted by Crippen LogP contribution is 2.39. The van der Waals surface area contributed by atoms with E-state index in [1.165, 1.54) is 0 Å². The van der Waals surface area contributed by atoms with Crippen LogP contribution in [0.4, 0.5) is 13.2 Å². The number of carboxylic acid groups (broad SMARTS) is 1. The molecule has 0 bridgehead atoms. The van der Waals surface area contributed by atoms with Crippen LogP contribution >= 0.6 is 11.3 Å². The zero-order valence-corrected chi connectivity index (χ0v) is 18.6. The molecule has 11 heteroatoms. The fourth-order valence-corrected chi connectivity index (χ4v) is 4.85. The van der Waals surface area contributed by atoms with Crippen molar-refractivity contribution in [1.29, 1.82) is 0 Å². The van der Waals surface area contributed by atoms with Crippen molar-refractivity contribution in [2.75, 3.05) is 26.2 Å². The predicted octanol–water partition coefficient (Wildman–Crippen LogP) is 3.47. The van der Waals surface area contributed by atoms with Gasteiger partial charge in [0.1, 0.15) is 0 Å². The molecular formula is C22H24F3N3O4S. The maximum Gasteiger partial charge on any atom is 0.490 e. The number of amides is 2. The number of rotatable bonds is 3. The molecule has 0 aromatic carbocycles. The zero-order valence-electron chi connectivity index (χ0n) is 17.8. The number of likely N-dealkylation sites (tertiary alicyclic amines) is 2. The van der Waals surface area contributed by atoms with Crippen LogP contribution < -0.4 is 0 Å². The molecule has 0 radical (unpaired) electrons. The largest absolute Gasteiger partial charge is 0.490 e. The van der Waals surface area contributed by atoms with Crippen molar-refractivity contribution in [1.82, 2.24) is 14.8 Å². The molecule has 2 aliphatic rings. The SMILES string of the molecule is O=C(Cc1cccnc1)N1CCCC2(CCN(C(=O)c3ccsc3)C2)C1.O=C(O)C(F)(F)F. The molecule has 1 N–H and O–H groups in total. The maximum absolute atomic E-state index is 12.7. The molecule has 2 aromatic rings. The van der Waals surface area contributed by atoms with Gasteiger partial charge < -0.3 is 14.9 Å². The van der Waals surface area contributed by atoms with E-state index in [1.807, 2.05) is 38.8 Å². The van der Waals surface area contributed by atoms with Crippen molar-refractivity contribution in [3.8, 4) is 0 Å². The molecule has 2 amide bonds. The van der Waals surface area contributed by atoms with Gasteiger partial charge in [-0.2, -0.15) is 24.5 Å². The number of carbonyl (C=O) groups excluding carboxylic acids is 2. The quantitative estimate of drug-likeness (QED) is 0.722. The number of aromatic nitrogens is 1. The maximum atomic E-state index is 12.7. The van der Waals surface area contributed by atoms with Crippen molar-refractivity contribution in [2.24, 2.45) is 5.41 Å². The number of nitrogens with zero attached hydrogens (tertiary/aromatic N) is 3. The number of aliphatic carboxylic acids is 1. The third-order valence-electron chi connectivity index (χ3n) is 5.83. The Morgan fingerprint density at radius 3 is 2.45 bits per heavy atom. The van der Waals surface area contributed by atoms with Gasteiger partial charge in [-0.1, -0.05) is 6.07 Å². The fraction of sp³-hybridized carbons (Fsp3) is 0.455. The van der Waals surface area contributed by atoms with Gasteiger partial charge in [0.05, 0.1) is 12.0 Å². The highest BCUT2D eigenvalue weighted by molar-refractivity contribution is 7.08. The minimum absolute atomic E-state index is 0.0640. The van der Waals surface area contributed by atoms with Crippen LogP contribution in [-0.4, -0.2) is 70.0 Å². The summed E-state index contributed by atoms with van der Waals surface area (Å²) in [6.45, 7) is 3.14. The van der Waals surface area contributed by atoms with E-state index >= 15 is 0 Å². The lowest BCUT2D eigenvalue weighted by Gasteiger charge is -2.40. The van der Waals surface area contributed by atoms with E-state index < -0.39 is 12.1 Å². The molecule has 7 nitrogen and oxygen atoms in total. The molecule has 0 saturated carbocycles. The van der Waals surface area contributed by atoms with Gasteiger partial charge in [-0.3, -0.25) is 14.6 Å². The molecule has 33 heavy (non-hydrogen) atoms. The second-order valence-corrected chi connectivity index (χ2v) is 9.03. The van der Waals surface area contributed by atoms with E-state index in [0.717, 1.165) is 56.6 Å². The Labute approximate surface area is 192 Å². The monoisotopic (exact) mass is 483 g/mol. The summed E-state index contributed by atoms with van der Waals surface area (Å²) >= 11 is 1.55. The summed E-state index contributed by atoms with van der Waals surface area (Å²) in [6, 6.07) is 5.70. The first-order valence-corrected chi connectivity index (χ1v) is 11.3. The van der Waals surface area contributed by atoms with Crippen LogP contribution in [0.15, 0.2) is 41.4 Å². The van der Waals surface area contributed by atoms with Crippen LogP contribution in [0.5, 0.6) is 0 Å². The Balaban J connectivity index is 0.000000383. The van der Waals surface area contributed by atoms with Crippen LogP contribution in [-0.2, 0) is 16.0 Å². The second-order valence-electron chi connectivity index (χ2n) is 8.25. The van der Waals surface area contributed by atoms with Crippen molar-refractivity contribution >= 4 is 29.1 Å².